The van der Waals surface area contributed by atoms with E-state index in [1.165, 1.54) is 0 Å². The predicted molar refractivity (Wildman–Crippen MR) is 104 cm³/mol. The second-order valence-electron chi connectivity index (χ2n) is 6.21. The number of benzene rings is 3. The molecule has 3 aromatic rings. The van der Waals surface area contributed by atoms with Gasteiger partial charge in [0, 0.05) is 11.8 Å². The highest BCUT2D eigenvalue weighted by molar-refractivity contribution is 5.82. The molecule has 31 heavy (non-hydrogen) atoms. The van der Waals surface area contributed by atoms with Crippen molar-refractivity contribution in [3.63, 3.8) is 0 Å². The van der Waals surface area contributed by atoms with Crippen molar-refractivity contribution in [3.05, 3.63) is 92.3 Å². The summed E-state index contributed by atoms with van der Waals surface area (Å²) in [4.78, 5) is 20.1. The van der Waals surface area contributed by atoms with E-state index in [0.717, 1.165) is 18.2 Å². The topological polar surface area (TPSA) is 110 Å². The van der Waals surface area contributed by atoms with Crippen molar-refractivity contribution >= 4 is 34.1 Å². The number of halogens is 4. The minimum Gasteiger partial charge on any atom is -0.354 e. The first-order valence-corrected chi connectivity index (χ1v) is 8.49. The average molecular weight is 436 g/mol. The van der Waals surface area contributed by atoms with Gasteiger partial charge in [0.25, 0.3) is 5.69 Å². The van der Waals surface area contributed by atoms with Crippen LogP contribution in [-0.2, 0) is 6.18 Å². The number of para-hydroxylation sites is 1. The Bertz CT molecular complexity index is 1150. The maximum absolute atomic E-state index is 14.0. The van der Waals surface area contributed by atoms with Gasteiger partial charge < -0.3 is 10.6 Å². The lowest BCUT2D eigenvalue weighted by Crippen LogP contribution is -2.07. The summed E-state index contributed by atoms with van der Waals surface area (Å²) in [7, 11) is 0. The Labute approximate surface area is 171 Å². The van der Waals surface area contributed by atoms with E-state index in [4.69, 9.17) is 0 Å². The van der Waals surface area contributed by atoms with Crippen LogP contribution in [0.1, 0.15) is 5.56 Å². The standard InChI is InChI=1S/C19H12F4N4O4/c20-13-9-16(18(27(30)31)10-17(13)26(28)29)25-14-7-6-11(19(21,22)23)8-15(14)24-12-4-2-1-3-5-12/h1-10,24-25H. The summed E-state index contributed by atoms with van der Waals surface area (Å²) in [6.07, 6.45) is -4.66. The van der Waals surface area contributed by atoms with Crippen molar-refractivity contribution in [3.8, 4) is 0 Å². The van der Waals surface area contributed by atoms with Crippen LogP contribution in [0.4, 0.5) is 51.7 Å². The fraction of sp³-hybridized carbons (Fsp3) is 0.0526. The zero-order valence-electron chi connectivity index (χ0n) is 15.3. The van der Waals surface area contributed by atoms with E-state index in [9.17, 15) is 37.8 Å². The molecule has 0 fully saturated rings. The summed E-state index contributed by atoms with van der Waals surface area (Å²) < 4.78 is 53.5. The third kappa shape index (κ3) is 4.86. The number of nitrogens with one attached hydrogen (secondary N) is 2. The Morgan fingerprint density at radius 1 is 0.742 bits per heavy atom. The second kappa shape index (κ2) is 8.26. The highest BCUT2D eigenvalue weighted by Crippen LogP contribution is 2.39. The van der Waals surface area contributed by atoms with Crippen LogP contribution in [0.15, 0.2) is 60.7 Å². The first-order valence-electron chi connectivity index (χ1n) is 8.49. The average Bonchev–Trinajstić information content (AvgIpc) is 2.69. The van der Waals surface area contributed by atoms with Crippen molar-refractivity contribution in [1.29, 1.82) is 0 Å². The lowest BCUT2D eigenvalue weighted by Gasteiger charge is -2.17. The lowest BCUT2D eigenvalue weighted by molar-refractivity contribution is -0.395. The summed E-state index contributed by atoms with van der Waals surface area (Å²) >= 11 is 0. The Morgan fingerprint density at radius 3 is 1.97 bits per heavy atom. The van der Waals surface area contributed by atoms with Gasteiger partial charge in [-0.1, -0.05) is 18.2 Å². The zero-order chi connectivity index (χ0) is 22.8. The number of hydrogen-bond donors (Lipinski definition) is 2. The monoisotopic (exact) mass is 436 g/mol. The molecule has 0 atom stereocenters. The van der Waals surface area contributed by atoms with Crippen LogP contribution in [0.25, 0.3) is 0 Å². The molecule has 2 N–H and O–H groups in total. The molecule has 0 aliphatic heterocycles. The molecule has 0 bridgehead atoms. The van der Waals surface area contributed by atoms with Crippen LogP contribution >= 0.6 is 0 Å². The lowest BCUT2D eigenvalue weighted by atomic mass is 10.1. The number of anilines is 4. The fourth-order valence-electron chi connectivity index (χ4n) is 2.70. The van der Waals surface area contributed by atoms with E-state index in [2.05, 4.69) is 10.6 Å². The van der Waals surface area contributed by atoms with Gasteiger partial charge in [-0.3, -0.25) is 20.2 Å². The Balaban J connectivity index is 2.09. The van der Waals surface area contributed by atoms with E-state index < -0.39 is 44.5 Å². The van der Waals surface area contributed by atoms with Crippen LogP contribution in [0.2, 0.25) is 0 Å². The van der Waals surface area contributed by atoms with E-state index in [0.29, 0.717) is 17.8 Å². The summed E-state index contributed by atoms with van der Waals surface area (Å²) in [6, 6.07) is 11.6. The molecule has 0 saturated carbocycles. The SMILES string of the molecule is O=[N+]([O-])c1cc([N+](=O)[O-])c(Nc2ccc(C(F)(F)F)cc2Nc2ccccc2)cc1F. The van der Waals surface area contributed by atoms with Crippen LogP contribution in [0.3, 0.4) is 0 Å². The van der Waals surface area contributed by atoms with Gasteiger partial charge in [0.15, 0.2) is 0 Å². The molecule has 0 heterocycles. The molecule has 0 amide bonds. The Kier molecular flexibility index (Phi) is 5.72. The van der Waals surface area contributed by atoms with Crippen molar-refractivity contribution in [1.82, 2.24) is 0 Å². The van der Waals surface area contributed by atoms with Crippen LogP contribution in [-0.4, -0.2) is 9.85 Å². The summed E-state index contributed by atoms with van der Waals surface area (Å²) in [5.74, 6) is -1.34. The van der Waals surface area contributed by atoms with Crippen molar-refractivity contribution < 1.29 is 27.4 Å². The van der Waals surface area contributed by atoms with Gasteiger partial charge >= 0.3 is 11.9 Å². The van der Waals surface area contributed by atoms with E-state index >= 15 is 0 Å². The van der Waals surface area contributed by atoms with Crippen molar-refractivity contribution in [2.45, 2.75) is 6.18 Å². The predicted octanol–water partition coefficient (Wildman–Crippen LogP) is 6.15. The quantitative estimate of drug-likeness (QED) is 0.273. The number of nitro benzene ring substituents is 2. The van der Waals surface area contributed by atoms with E-state index in [-0.39, 0.29) is 11.4 Å². The molecular weight excluding hydrogens is 424 g/mol. The maximum atomic E-state index is 14.0. The van der Waals surface area contributed by atoms with Crippen LogP contribution in [0, 0.1) is 26.0 Å². The van der Waals surface area contributed by atoms with Crippen molar-refractivity contribution in [2.24, 2.45) is 0 Å². The third-order valence-electron chi connectivity index (χ3n) is 4.13. The van der Waals surface area contributed by atoms with Gasteiger partial charge in [0.1, 0.15) is 5.69 Å². The van der Waals surface area contributed by atoms with Gasteiger partial charge in [0.05, 0.1) is 32.9 Å². The molecule has 8 nitrogen and oxygen atoms in total. The largest absolute Gasteiger partial charge is 0.416 e. The Hall–Kier alpha value is -4.22. The number of rotatable bonds is 6. The number of alkyl halides is 3. The zero-order valence-corrected chi connectivity index (χ0v) is 15.3. The highest BCUT2D eigenvalue weighted by atomic mass is 19.4. The molecule has 3 aromatic carbocycles. The minimum absolute atomic E-state index is 0.0480. The number of hydrogen-bond acceptors (Lipinski definition) is 6. The van der Waals surface area contributed by atoms with E-state index in [1.807, 2.05) is 0 Å². The highest BCUT2D eigenvalue weighted by Gasteiger charge is 2.31. The van der Waals surface area contributed by atoms with Gasteiger partial charge in [-0.25, -0.2) is 0 Å². The maximum Gasteiger partial charge on any atom is 0.416 e. The van der Waals surface area contributed by atoms with Crippen molar-refractivity contribution in [2.75, 3.05) is 10.6 Å². The number of nitro groups is 2. The van der Waals surface area contributed by atoms with Gasteiger partial charge in [-0.2, -0.15) is 17.6 Å². The molecular formula is C19H12F4N4O4. The van der Waals surface area contributed by atoms with E-state index in [1.54, 1.807) is 30.3 Å². The summed E-state index contributed by atoms with van der Waals surface area (Å²) in [5.41, 5.74) is -3.10. The van der Waals surface area contributed by atoms with Gasteiger partial charge in [-0.05, 0) is 30.3 Å². The third-order valence-corrected chi connectivity index (χ3v) is 4.13. The van der Waals surface area contributed by atoms with Gasteiger partial charge in [-0.15, -0.1) is 0 Å². The summed E-state index contributed by atoms with van der Waals surface area (Å²) in [5, 5.41) is 27.4. The molecule has 0 radical (unpaired) electrons. The van der Waals surface area contributed by atoms with Gasteiger partial charge in [0.2, 0.25) is 5.82 Å². The molecule has 3 rings (SSSR count). The molecule has 0 aliphatic rings. The fourth-order valence-corrected chi connectivity index (χ4v) is 2.70. The smallest absolute Gasteiger partial charge is 0.354 e. The normalized spacial score (nSPS) is 11.1. The van der Waals surface area contributed by atoms with Crippen LogP contribution < -0.4 is 10.6 Å². The summed E-state index contributed by atoms with van der Waals surface area (Å²) in [6.45, 7) is 0. The molecule has 12 heteroatoms. The first-order chi connectivity index (χ1) is 14.6. The molecule has 0 saturated heterocycles. The molecule has 160 valence electrons. The Morgan fingerprint density at radius 2 is 1.39 bits per heavy atom. The molecule has 0 aliphatic carbocycles. The molecule has 0 unspecified atom stereocenters. The molecule has 0 spiro atoms. The minimum atomic E-state index is -4.66. The number of nitrogens with zero attached hydrogens (tertiary/aromatic N) is 2. The molecule has 0 aromatic heterocycles. The van der Waals surface area contributed by atoms with Crippen LogP contribution in [0.5, 0.6) is 0 Å². The second-order valence-corrected chi connectivity index (χ2v) is 6.21. The first kappa shape index (κ1) is 21.5.